The normalized spacial score (nSPS) is 14.8. The standard InChI is InChI=1S/C67H130O17P2/c1-7-11-13-15-17-18-19-27-33-39-45-51-66(71)83-62(55-77-64(69)49-43-37-29-16-14-12-8-2)57-81-85(73,74)79-53-61(68)54-80-86(75,76)82-58-63(84-67(72)52-46-40-34-28-23-21-25-31-36-42-48-60(6)10-4)56-78-65(70)50-44-38-32-26-22-20-24-30-35-41-47-59(5)9-3/h59-63,68H,7-58H2,1-6H3,(H,73,74)(H,75,76)/t59?,60?,61-,62+,63+/m0/s1. The molecule has 0 aliphatic rings. The fraction of sp³-hybridized carbons (Fsp3) is 0.940. The van der Waals surface area contributed by atoms with Crippen molar-refractivity contribution in [1.82, 2.24) is 0 Å². The molecule has 0 aromatic rings. The summed E-state index contributed by atoms with van der Waals surface area (Å²) in [6.07, 6.45) is 42.9. The van der Waals surface area contributed by atoms with Gasteiger partial charge in [0, 0.05) is 25.7 Å². The van der Waals surface area contributed by atoms with Crippen LogP contribution in [0.25, 0.3) is 0 Å². The molecule has 0 aliphatic heterocycles. The van der Waals surface area contributed by atoms with Gasteiger partial charge in [-0.05, 0) is 37.5 Å². The summed E-state index contributed by atoms with van der Waals surface area (Å²) in [6.45, 7) is 9.53. The van der Waals surface area contributed by atoms with E-state index in [9.17, 15) is 43.2 Å². The Labute approximate surface area is 524 Å². The molecule has 0 saturated carbocycles. The van der Waals surface area contributed by atoms with Crippen LogP contribution in [-0.4, -0.2) is 96.7 Å². The number of carbonyl (C=O) groups is 4. The van der Waals surface area contributed by atoms with Gasteiger partial charge in [0.25, 0.3) is 0 Å². The summed E-state index contributed by atoms with van der Waals surface area (Å²) in [7, 11) is -9.89. The van der Waals surface area contributed by atoms with Gasteiger partial charge in [0.05, 0.1) is 26.4 Å². The fourth-order valence-electron chi connectivity index (χ4n) is 10.00. The third-order valence-electron chi connectivity index (χ3n) is 16.2. The van der Waals surface area contributed by atoms with Crippen molar-refractivity contribution in [3.63, 3.8) is 0 Å². The lowest BCUT2D eigenvalue weighted by atomic mass is 9.99. The van der Waals surface area contributed by atoms with Gasteiger partial charge in [-0.25, -0.2) is 9.13 Å². The maximum atomic E-state index is 13.0. The van der Waals surface area contributed by atoms with Crippen molar-refractivity contribution in [2.45, 2.75) is 355 Å². The van der Waals surface area contributed by atoms with Crippen molar-refractivity contribution in [2.75, 3.05) is 39.6 Å². The number of esters is 4. The first kappa shape index (κ1) is 84.1. The van der Waals surface area contributed by atoms with Crippen molar-refractivity contribution in [2.24, 2.45) is 11.8 Å². The Morgan fingerprint density at radius 2 is 0.558 bits per heavy atom. The van der Waals surface area contributed by atoms with Crippen LogP contribution in [0.1, 0.15) is 337 Å². The lowest BCUT2D eigenvalue weighted by Crippen LogP contribution is -2.30. The Bertz CT molecular complexity index is 1690. The van der Waals surface area contributed by atoms with Gasteiger partial charge < -0.3 is 33.8 Å². The highest BCUT2D eigenvalue weighted by atomic mass is 31.2. The van der Waals surface area contributed by atoms with Gasteiger partial charge in [-0.3, -0.25) is 37.3 Å². The van der Waals surface area contributed by atoms with Crippen LogP contribution in [0.3, 0.4) is 0 Å². The first-order chi connectivity index (χ1) is 41.4. The number of ether oxygens (including phenoxy) is 4. The summed E-state index contributed by atoms with van der Waals surface area (Å²) < 4.78 is 68.1. The Morgan fingerprint density at radius 1 is 0.326 bits per heavy atom. The highest BCUT2D eigenvalue weighted by molar-refractivity contribution is 7.47. The maximum absolute atomic E-state index is 13.0. The van der Waals surface area contributed by atoms with Gasteiger partial charge in [0.15, 0.2) is 12.2 Å². The topological polar surface area (TPSA) is 237 Å². The van der Waals surface area contributed by atoms with E-state index in [0.29, 0.717) is 25.7 Å². The number of phosphoric ester groups is 2. The van der Waals surface area contributed by atoms with Crippen LogP contribution in [0.2, 0.25) is 0 Å². The Morgan fingerprint density at radius 3 is 0.826 bits per heavy atom. The highest BCUT2D eigenvalue weighted by Gasteiger charge is 2.30. The molecule has 0 saturated heterocycles. The maximum Gasteiger partial charge on any atom is 0.472 e. The van der Waals surface area contributed by atoms with Crippen molar-refractivity contribution in [3.8, 4) is 0 Å². The lowest BCUT2D eigenvalue weighted by Gasteiger charge is -2.21. The van der Waals surface area contributed by atoms with Crippen LogP contribution in [-0.2, 0) is 65.4 Å². The number of carbonyl (C=O) groups excluding carboxylic acids is 4. The molecule has 4 unspecified atom stereocenters. The molecule has 0 rings (SSSR count). The molecular weight excluding hydrogens is 1140 g/mol. The average molecular weight is 1270 g/mol. The van der Waals surface area contributed by atoms with Gasteiger partial charge >= 0.3 is 39.5 Å². The zero-order valence-electron chi connectivity index (χ0n) is 55.6. The quantitative estimate of drug-likeness (QED) is 0.0222. The second-order valence-corrected chi connectivity index (χ2v) is 27.6. The smallest absolute Gasteiger partial charge is 0.462 e. The predicted octanol–water partition coefficient (Wildman–Crippen LogP) is 18.8. The van der Waals surface area contributed by atoms with Gasteiger partial charge in [0.1, 0.15) is 19.3 Å². The van der Waals surface area contributed by atoms with Crippen LogP contribution < -0.4 is 0 Å². The largest absolute Gasteiger partial charge is 0.472 e. The van der Waals surface area contributed by atoms with Crippen LogP contribution in [0.4, 0.5) is 0 Å². The summed E-state index contributed by atoms with van der Waals surface area (Å²) in [5, 5.41) is 10.5. The number of rotatable bonds is 66. The molecule has 86 heavy (non-hydrogen) atoms. The molecule has 0 radical (unpaired) electrons. The van der Waals surface area contributed by atoms with E-state index in [0.717, 1.165) is 115 Å². The second-order valence-electron chi connectivity index (χ2n) is 24.7. The molecule has 19 heteroatoms. The molecule has 0 fully saturated rings. The summed E-state index contributed by atoms with van der Waals surface area (Å²) in [6, 6.07) is 0. The number of aliphatic hydroxyl groups is 1. The molecule has 0 amide bonds. The van der Waals surface area contributed by atoms with Gasteiger partial charge in [0.2, 0.25) is 0 Å². The van der Waals surface area contributed by atoms with E-state index in [-0.39, 0.29) is 25.7 Å². The molecule has 0 aliphatic carbocycles. The van der Waals surface area contributed by atoms with E-state index in [4.69, 9.17) is 37.0 Å². The van der Waals surface area contributed by atoms with E-state index in [1.165, 1.54) is 141 Å². The predicted molar refractivity (Wildman–Crippen MR) is 345 cm³/mol. The zero-order chi connectivity index (χ0) is 63.6. The molecule has 0 heterocycles. The van der Waals surface area contributed by atoms with E-state index in [2.05, 4.69) is 41.5 Å². The fourth-order valence-corrected chi connectivity index (χ4v) is 11.6. The van der Waals surface area contributed by atoms with E-state index >= 15 is 0 Å². The summed E-state index contributed by atoms with van der Waals surface area (Å²) >= 11 is 0. The molecule has 7 atom stereocenters. The molecule has 0 aromatic heterocycles. The summed E-state index contributed by atoms with van der Waals surface area (Å²) in [4.78, 5) is 72.3. The molecule has 510 valence electrons. The van der Waals surface area contributed by atoms with Gasteiger partial charge in [-0.15, -0.1) is 0 Å². The lowest BCUT2D eigenvalue weighted by molar-refractivity contribution is -0.161. The second kappa shape index (κ2) is 59.4. The minimum Gasteiger partial charge on any atom is -0.462 e. The molecule has 3 N–H and O–H groups in total. The SMILES string of the molecule is CCCCCCCCCCCCCC(=O)O[C@H](COC(=O)CCCCCCCCC)COP(=O)(O)OC[C@H](O)COP(=O)(O)OC[C@@H](COC(=O)CCCCCCCCCCCCC(C)CC)OC(=O)CCCCCCCCCCCCC(C)CC. The third kappa shape index (κ3) is 58.4. The van der Waals surface area contributed by atoms with Gasteiger partial charge in [-0.2, -0.15) is 0 Å². The van der Waals surface area contributed by atoms with Gasteiger partial charge in [-0.1, -0.05) is 286 Å². The molecule has 0 spiro atoms. The number of unbranched alkanes of at least 4 members (excludes halogenated alkanes) is 34. The van der Waals surface area contributed by atoms with Crippen molar-refractivity contribution < 1.29 is 80.2 Å². The Hall–Kier alpha value is -1.94. The minimum atomic E-state index is -4.95. The van der Waals surface area contributed by atoms with Crippen LogP contribution >= 0.6 is 15.6 Å². The minimum absolute atomic E-state index is 0.106. The number of hydrogen-bond donors (Lipinski definition) is 3. The monoisotopic (exact) mass is 1270 g/mol. The molecular formula is C67H130O17P2. The van der Waals surface area contributed by atoms with Crippen LogP contribution in [0, 0.1) is 11.8 Å². The van der Waals surface area contributed by atoms with E-state index < -0.39 is 97.5 Å². The highest BCUT2D eigenvalue weighted by Crippen LogP contribution is 2.45. The average Bonchev–Trinajstić information content (AvgIpc) is 3.66. The Balaban J connectivity index is 5.23. The molecule has 0 bridgehead atoms. The number of aliphatic hydroxyl groups excluding tert-OH is 1. The van der Waals surface area contributed by atoms with E-state index in [1.807, 2.05) is 0 Å². The Kier molecular flexibility index (Phi) is 58.0. The van der Waals surface area contributed by atoms with Crippen molar-refractivity contribution >= 4 is 39.5 Å². The third-order valence-corrected chi connectivity index (χ3v) is 18.1. The number of hydrogen-bond acceptors (Lipinski definition) is 15. The van der Waals surface area contributed by atoms with Crippen molar-refractivity contribution in [3.05, 3.63) is 0 Å². The zero-order valence-corrected chi connectivity index (χ0v) is 57.4. The summed E-state index contributed by atoms with van der Waals surface area (Å²) in [5.74, 6) is -0.520. The molecule has 17 nitrogen and oxygen atoms in total. The van der Waals surface area contributed by atoms with Crippen LogP contribution in [0.5, 0.6) is 0 Å². The summed E-state index contributed by atoms with van der Waals surface area (Å²) in [5.41, 5.74) is 0. The van der Waals surface area contributed by atoms with Crippen LogP contribution in [0.15, 0.2) is 0 Å². The molecule has 0 aromatic carbocycles. The van der Waals surface area contributed by atoms with Crippen molar-refractivity contribution in [1.29, 1.82) is 0 Å². The van der Waals surface area contributed by atoms with E-state index in [1.54, 1.807) is 0 Å². The first-order valence-electron chi connectivity index (χ1n) is 35.1. The first-order valence-corrected chi connectivity index (χ1v) is 38.1. The number of phosphoric acid groups is 2.